The van der Waals surface area contributed by atoms with Crippen molar-refractivity contribution >= 4 is 29.6 Å². The summed E-state index contributed by atoms with van der Waals surface area (Å²) >= 11 is 0. The van der Waals surface area contributed by atoms with E-state index in [2.05, 4.69) is 16.0 Å². The van der Waals surface area contributed by atoms with Gasteiger partial charge in [0.2, 0.25) is 23.6 Å². The van der Waals surface area contributed by atoms with Crippen LogP contribution in [-0.4, -0.2) is 122 Å². The number of ether oxygens (including phenoxy) is 2. The summed E-state index contributed by atoms with van der Waals surface area (Å²) < 4.78 is 11.9. The lowest BCUT2D eigenvalue weighted by atomic mass is 9.89. The summed E-state index contributed by atoms with van der Waals surface area (Å²) in [4.78, 5) is 70.5. The van der Waals surface area contributed by atoms with Crippen molar-refractivity contribution in [3.05, 3.63) is 35.4 Å². The molecule has 1 saturated heterocycles. The lowest BCUT2D eigenvalue weighted by molar-refractivity contribution is -0.148. The third-order valence-corrected chi connectivity index (χ3v) is 10.9. The quantitative estimate of drug-likeness (QED) is 0.148. The van der Waals surface area contributed by atoms with E-state index in [0.717, 1.165) is 17.5 Å². The zero-order valence-corrected chi connectivity index (χ0v) is 34.1. The Morgan fingerprint density at radius 2 is 1.53 bits per heavy atom. The van der Waals surface area contributed by atoms with Gasteiger partial charge >= 0.3 is 5.97 Å². The number of nitrogens with zero attached hydrogens (tertiary/aromatic N) is 2. The van der Waals surface area contributed by atoms with E-state index in [-0.39, 0.29) is 48.3 Å². The highest BCUT2D eigenvalue weighted by Gasteiger charge is 2.43. The number of amides is 4. The van der Waals surface area contributed by atoms with Gasteiger partial charge in [0, 0.05) is 34.2 Å². The maximum atomic E-state index is 14.1. The zero-order chi connectivity index (χ0) is 40.2. The van der Waals surface area contributed by atoms with Gasteiger partial charge in [0.15, 0.2) is 0 Å². The Kier molecular flexibility index (Phi) is 18.4. The number of carboxylic acids is 1. The highest BCUT2D eigenvalue weighted by molar-refractivity contribution is 5.90. The van der Waals surface area contributed by atoms with Crippen molar-refractivity contribution in [2.75, 3.05) is 34.9 Å². The average Bonchev–Trinajstić information content (AvgIpc) is 3.60. The van der Waals surface area contributed by atoms with Gasteiger partial charge in [-0.3, -0.25) is 19.2 Å². The molecule has 4 N–H and O–H groups in total. The molecule has 2 rings (SSSR count). The first-order valence-electron chi connectivity index (χ1n) is 19.1. The summed E-state index contributed by atoms with van der Waals surface area (Å²) in [6.45, 7) is 15.8. The first kappa shape index (κ1) is 45.6. The number of carbonyl (C=O) groups excluding carboxylic acids is 4. The standard InChI is InChI=1S/C40H67N5O8/c1-13-26(7)35(44(10)39(49)34(24(4)5)43-38(48)33(41-9)23(2)3)31(52-11)22-32(46)45-20-14-15-30(45)36(53-12)27(8)37(47)42-29(40(50)51)21-28-18-16-25(6)17-19-28/h16-19,23-24,26-27,29-31,33-36,41H,13-15,20-22H2,1-12H3,(H,42,47)(H,43,48)(H,50,51)/t26-,27+,29?,30-,31+,33-,34-,35?,36?/m0/s1. The topological polar surface area (TPSA) is 167 Å². The van der Waals surface area contributed by atoms with Crippen molar-refractivity contribution in [3.8, 4) is 0 Å². The number of nitrogens with one attached hydrogen (secondary N) is 3. The van der Waals surface area contributed by atoms with Crippen molar-refractivity contribution < 1.29 is 38.6 Å². The second kappa shape index (κ2) is 21.4. The summed E-state index contributed by atoms with van der Waals surface area (Å²) in [5.41, 5.74) is 1.84. The first-order chi connectivity index (χ1) is 24.9. The molecule has 53 heavy (non-hydrogen) atoms. The van der Waals surface area contributed by atoms with Crippen molar-refractivity contribution in [2.45, 2.75) is 130 Å². The maximum absolute atomic E-state index is 14.1. The predicted molar refractivity (Wildman–Crippen MR) is 205 cm³/mol. The molecular weight excluding hydrogens is 678 g/mol. The van der Waals surface area contributed by atoms with Gasteiger partial charge in [-0.1, -0.05) is 84.7 Å². The van der Waals surface area contributed by atoms with E-state index < -0.39 is 60.2 Å². The fraction of sp³-hybridized carbons (Fsp3) is 0.725. The molecule has 0 bridgehead atoms. The molecule has 1 heterocycles. The highest BCUT2D eigenvalue weighted by Crippen LogP contribution is 2.30. The van der Waals surface area contributed by atoms with Crippen molar-refractivity contribution in [1.29, 1.82) is 0 Å². The molecule has 0 spiro atoms. The van der Waals surface area contributed by atoms with Crippen LogP contribution < -0.4 is 16.0 Å². The molecule has 13 heteroatoms. The molecule has 300 valence electrons. The smallest absolute Gasteiger partial charge is 0.326 e. The van der Waals surface area contributed by atoms with Crippen LogP contribution in [0.1, 0.15) is 85.3 Å². The summed E-state index contributed by atoms with van der Waals surface area (Å²) in [5.74, 6) is -3.27. The van der Waals surface area contributed by atoms with E-state index >= 15 is 0 Å². The maximum Gasteiger partial charge on any atom is 0.326 e. The molecule has 3 unspecified atom stereocenters. The molecule has 9 atom stereocenters. The number of hydrogen-bond acceptors (Lipinski definition) is 8. The minimum absolute atomic E-state index is 0.0117. The number of aliphatic carboxylic acids is 1. The summed E-state index contributed by atoms with van der Waals surface area (Å²) in [6, 6.07) is 4.23. The molecular formula is C40H67N5O8. The fourth-order valence-electron chi connectivity index (χ4n) is 7.51. The lowest BCUT2D eigenvalue weighted by Crippen LogP contribution is -2.59. The predicted octanol–water partition coefficient (Wildman–Crippen LogP) is 3.41. The van der Waals surface area contributed by atoms with Gasteiger partial charge in [0.1, 0.15) is 12.1 Å². The Balaban J connectivity index is 2.26. The van der Waals surface area contributed by atoms with Crippen LogP contribution in [0, 0.1) is 30.6 Å². The molecule has 1 fully saturated rings. The number of carbonyl (C=O) groups is 5. The van der Waals surface area contributed by atoms with Crippen LogP contribution in [0.2, 0.25) is 0 Å². The summed E-state index contributed by atoms with van der Waals surface area (Å²) in [7, 11) is 6.46. The van der Waals surface area contributed by atoms with Gasteiger partial charge in [-0.05, 0) is 50.1 Å². The Morgan fingerprint density at radius 3 is 2.02 bits per heavy atom. The normalized spacial score (nSPS) is 19.1. The molecule has 1 aromatic carbocycles. The number of rotatable bonds is 21. The van der Waals surface area contributed by atoms with Crippen LogP contribution >= 0.6 is 0 Å². The van der Waals surface area contributed by atoms with E-state index in [4.69, 9.17) is 9.47 Å². The van der Waals surface area contributed by atoms with Crippen molar-refractivity contribution in [1.82, 2.24) is 25.8 Å². The number of carboxylic acid groups (broad SMARTS) is 1. The van der Waals surface area contributed by atoms with Crippen LogP contribution in [0.5, 0.6) is 0 Å². The zero-order valence-electron chi connectivity index (χ0n) is 34.1. The minimum atomic E-state index is -1.14. The number of aryl methyl sites for hydroxylation is 1. The van der Waals surface area contributed by atoms with E-state index in [1.54, 1.807) is 30.8 Å². The summed E-state index contributed by atoms with van der Waals surface area (Å²) in [6.07, 6.45) is 0.812. The van der Waals surface area contributed by atoms with E-state index in [1.165, 1.54) is 14.2 Å². The number of methoxy groups -OCH3 is 2. The average molecular weight is 746 g/mol. The van der Waals surface area contributed by atoms with E-state index in [1.807, 2.05) is 72.7 Å². The van der Waals surface area contributed by atoms with Crippen LogP contribution in [0.3, 0.4) is 0 Å². The number of likely N-dealkylation sites (tertiary alicyclic amines) is 1. The molecule has 1 aliphatic heterocycles. The second-order valence-corrected chi connectivity index (χ2v) is 15.4. The van der Waals surface area contributed by atoms with Gasteiger partial charge in [-0.15, -0.1) is 0 Å². The van der Waals surface area contributed by atoms with Crippen LogP contribution in [-0.2, 0) is 39.9 Å². The van der Waals surface area contributed by atoms with Crippen molar-refractivity contribution in [2.24, 2.45) is 23.7 Å². The monoisotopic (exact) mass is 745 g/mol. The van der Waals surface area contributed by atoms with Gasteiger partial charge in [-0.2, -0.15) is 0 Å². The molecule has 0 aliphatic carbocycles. The Bertz CT molecular complexity index is 1350. The second-order valence-electron chi connectivity index (χ2n) is 15.4. The number of benzene rings is 1. The fourth-order valence-corrected chi connectivity index (χ4v) is 7.51. The molecule has 0 saturated carbocycles. The van der Waals surface area contributed by atoms with E-state index in [0.29, 0.717) is 19.4 Å². The van der Waals surface area contributed by atoms with Gasteiger partial charge < -0.3 is 40.3 Å². The van der Waals surface area contributed by atoms with E-state index in [9.17, 15) is 29.1 Å². The van der Waals surface area contributed by atoms with Gasteiger partial charge in [-0.25, -0.2) is 4.79 Å². The Morgan fingerprint density at radius 1 is 0.925 bits per heavy atom. The number of hydrogen-bond donors (Lipinski definition) is 4. The summed E-state index contributed by atoms with van der Waals surface area (Å²) in [5, 5.41) is 18.6. The van der Waals surface area contributed by atoms with Crippen LogP contribution in [0.4, 0.5) is 0 Å². The molecule has 13 nitrogen and oxygen atoms in total. The molecule has 0 radical (unpaired) electrons. The van der Waals surface area contributed by atoms with Crippen molar-refractivity contribution in [3.63, 3.8) is 0 Å². The third-order valence-electron chi connectivity index (χ3n) is 10.9. The number of likely N-dealkylation sites (N-methyl/N-ethyl adjacent to an activating group) is 2. The van der Waals surface area contributed by atoms with Gasteiger partial charge in [0.05, 0.1) is 42.7 Å². The molecule has 1 aliphatic rings. The van der Waals surface area contributed by atoms with Crippen LogP contribution in [0.25, 0.3) is 0 Å². The molecule has 0 aromatic heterocycles. The third kappa shape index (κ3) is 12.2. The Hall–Kier alpha value is -3.55. The SMILES string of the molecule is CC[C@H](C)C([C@@H](CC(=O)N1CCC[C@H]1C(OC)[C@@H](C)C(=O)NC(Cc1ccc(C)cc1)C(=O)O)OC)N(C)C(=O)[C@@H](NC(=O)[C@@H](NC)C(C)C)C(C)C. The largest absolute Gasteiger partial charge is 0.480 e. The van der Waals surface area contributed by atoms with Crippen LogP contribution in [0.15, 0.2) is 24.3 Å². The molecule has 1 aromatic rings. The van der Waals surface area contributed by atoms with Gasteiger partial charge in [0.25, 0.3) is 0 Å². The lowest BCUT2D eigenvalue weighted by Gasteiger charge is -2.41. The highest BCUT2D eigenvalue weighted by atomic mass is 16.5. The first-order valence-corrected chi connectivity index (χ1v) is 19.1. The minimum Gasteiger partial charge on any atom is -0.480 e. The Labute approximate surface area is 317 Å². The molecule has 4 amide bonds.